The van der Waals surface area contributed by atoms with Crippen LogP contribution >= 0.6 is 0 Å². The van der Waals surface area contributed by atoms with E-state index in [-0.39, 0.29) is 11.8 Å². The second-order valence-electron chi connectivity index (χ2n) is 6.50. The molecular weight excluding hydrogens is 348 g/mol. The second kappa shape index (κ2) is 6.59. The predicted molar refractivity (Wildman–Crippen MR) is 97.3 cm³/mol. The minimum absolute atomic E-state index is 0.258. The van der Waals surface area contributed by atoms with E-state index in [0.29, 0.717) is 11.5 Å². The number of methoxy groups -OCH3 is 2. The number of ether oxygens (including phenoxy) is 2. The van der Waals surface area contributed by atoms with E-state index in [1.165, 1.54) is 7.05 Å². The minimum Gasteiger partial charge on any atom is -0.497 e. The summed E-state index contributed by atoms with van der Waals surface area (Å²) in [4.78, 5) is 32.4. The van der Waals surface area contributed by atoms with Crippen LogP contribution in [0, 0.1) is 5.92 Å². The van der Waals surface area contributed by atoms with E-state index in [9.17, 15) is 9.59 Å². The number of anilines is 1. The lowest BCUT2D eigenvalue weighted by atomic mass is 9.90. The molecule has 4 rings (SSSR count). The summed E-state index contributed by atoms with van der Waals surface area (Å²) in [6.45, 7) is 0. The van der Waals surface area contributed by atoms with Gasteiger partial charge < -0.3 is 9.47 Å². The van der Waals surface area contributed by atoms with Crippen molar-refractivity contribution in [3.05, 3.63) is 54.1 Å². The van der Waals surface area contributed by atoms with Crippen molar-refractivity contribution in [3.63, 3.8) is 0 Å². The standard InChI is InChI=1S/C20H20N2O5/c1-21-19(23)16-17(14-10-9-13(25-2)11-15(14)26-3)22(27-18(16)20(21)24)12-7-5-4-6-8-12/h4-11,16-18H,1-3H3. The lowest BCUT2D eigenvalue weighted by Crippen LogP contribution is -2.34. The number of hydroxylamine groups is 1. The highest BCUT2D eigenvalue weighted by molar-refractivity contribution is 6.07. The van der Waals surface area contributed by atoms with Gasteiger partial charge >= 0.3 is 0 Å². The van der Waals surface area contributed by atoms with Gasteiger partial charge in [0.15, 0.2) is 6.10 Å². The van der Waals surface area contributed by atoms with E-state index in [0.717, 1.165) is 16.2 Å². The van der Waals surface area contributed by atoms with Crippen LogP contribution in [0.1, 0.15) is 11.6 Å². The Balaban J connectivity index is 1.85. The van der Waals surface area contributed by atoms with Crippen molar-refractivity contribution in [2.75, 3.05) is 26.3 Å². The summed E-state index contributed by atoms with van der Waals surface area (Å²) in [6.07, 6.45) is -0.848. The third-order valence-electron chi connectivity index (χ3n) is 5.11. The number of hydrogen-bond donors (Lipinski definition) is 0. The Hall–Kier alpha value is -3.06. The van der Waals surface area contributed by atoms with Gasteiger partial charge in [0.1, 0.15) is 17.4 Å². The van der Waals surface area contributed by atoms with Gasteiger partial charge in [0.2, 0.25) is 5.91 Å². The van der Waals surface area contributed by atoms with Gasteiger partial charge in [-0.3, -0.25) is 19.3 Å². The molecule has 2 saturated heterocycles. The van der Waals surface area contributed by atoms with Crippen molar-refractivity contribution >= 4 is 17.5 Å². The highest BCUT2D eigenvalue weighted by Gasteiger charge is 2.59. The Bertz CT molecular complexity index is 885. The molecule has 27 heavy (non-hydrogen) atoms. The number of likely N-dealkylation sites (tertiary alicyclic amines) is 1. The third-order valence-corrected chi connectivity index (χ3v) is 5.11. The Morgan fingerprint density at radius 3 is 2.37 bits per heavy atom. The normalized spacial score (nSPS) is 24.3. The molecule has 2 aromatic rings. The smallest absolute Gasteiger partial charge is 0.261 e. The molecule has 7 heteroatoms. The van der Waals surface area contributed by atoms with Gasteiger partial charge in [-0.15, -0.1) is 0 Å². The average Bonchev–Trinajstić information content (AvgIpc) is 3.20. The highest BCUT2D eigenvalue weighted by atomic mass is 16.7. The quantitative estimate of drug-likeness (QED) is 0.771. The maximum Gasteiger partial charge on any atom is 0.261 e. The lowest BCUT2D eigenvalue weighted by Gasteiger charge is -2.29. The van der Waals surface area contributed by atoms with Crippen LogP contribution in [0.4, 0.5) is 5.69 Å². The first-order valence-electron chi connectivity index (χ1n) is 8.61. The number of carbonyl (C=O) groups is 2. The molecule has 7 nitrogen and oxygen atoms in total. The van der Waals surface area contributed by atoms with E-state index in [1.54, 1.807) is 31.4 Å². The van der Waals surface area contributed by atoms with Crippen LogP contribution in [0.15, 0.2) is 48.5 Å². The Kier molecular flexibility index (Phi) is 4.24. The summed E-state index contributed by atoms with van der Waals surface area (Å²) in [7, 11) is 4.63. The van der Waals surface area contributed by atoms with Crippen LogP contribution in [0.2, 0.25) is 0 Å². The number of fused-ring (bicyclic) bond motifs is 1. The number of amides is 2. The topological polar surface area (TPSA) is 68.3 Å². The van der Waals surface area contributed by atoms with Crippen LogP contribution in [0.3, 0.4) is 0 Å². The van der Waals surface area contributed by atoms with Crippen molar-refractivity contribution < 1.29 is 23.9 Å². The number of imide groups is 1. The summed E-state index contributed by atoms with van der Waals surface area (Å²) in [5.41, 5.74) is 1.52. The monoisotopic (exact) mass is 368 g/mol. The zero-order valence-corrected chi connectivity index (χ0v) is 15.3. The van der Waals surface area contributed by atoms with E-state index in [4.69, 9.17) is 14.3 Å². The molecule has 2 aliphatic heterocycles. The van der Waals surface area contributed by atoms with Gasteiger partial charge in [0.05, 0.1) is 25.9 Å². The van der Waals surface area contributed by atoms with Gasteiger partial charge in [-0.25, -0.2) is 5.06 Å². The third kappa shape index (κ3) is 2.62. The number of likely N-dealkylation sites (N-methyl/N-ethyl adjacent to an activating group) is 1. The van der Waals surface area contributed by atoms with Gasteiger partial charge in [0.25, 0.3) is 5.91 Å². The van der Waals surface area contributed by atoms with Crippen molar-refractivity contribution in [3.8, 4) is 11.5 Å². The van der Waals surface area contributed by atoms with Gasteiger partial charge in [-0.1, -0.05) is 18.2 Å². The molecule has 2 amide bonds. The molecule has 3 unspecified atom stereocenters. The van der Waals surface area contributed by atoms with Crippen LogP contribution < -0.4 is 14.5 Å². The molecule has 0 N–H and O–H groups in total. The molecule has 0 bridgehead atoms. The van der Waals surface area contributed by atoms with Crippen molar-refractivity contribution in [2.45, 2.75) is 12.1 Å². The van der Waals surface area contributed by atoms with Crippen LogP contribution in [-0.4, -0.2) is 44.1 Å². The second-order valence-corrected chi connectivity index (χ2v) is 6.50. The summed E-state index contributed by atoms with van der Waals surface area (Å²) < 4.78 is 10.8. The van der Waals surface area contributed by atoms with Crippen molar-refractivity contribution in [1.82, 2.24) is 4.90 Å². The molecule has 0 saturated carbocycles. The first-order valence-corrected chi connectivity index (χ1v) is 8.61. The van der Waals surface area contributed by atoms with Crippen LogP contribution in [0.5, 0.6) is 11.5 Å². The molecule has 0 aliphatic carbocycles. The molecule has 2 aromatic carbocycles. The Morgan fingerprint density at radius 1 is 0.963 bits per heavy atom. The van der Waals surface area contributed by atoms with Gasteiger partial charge in [-0.05, 0) is 24.3 Å². The predicted octanol–water partition coefficient (Wildman–Crippen LogP) is 2.18. The van der Waals surface area contributed by atoms with Crippen molar-refractivity contribution in [2.24, 2.45) is 5.92 Å². The van der Waals surface area contributed by atoms with Crippen LogP contribution in [-0.2, 0) is 14.4 Å². The number of hydrogen-bond acceptors (Lipinski definition) is 6. The van der Waals surface area contributed by atoms with E-state index >= 15 is 0 Å². The van der Waals surface area contributed by atoms with E-state index in [1.807, 2.05) is 36.4 Å². The SMILES string of the molecule is COc1ccc(C2C3C(=O)N(C)C(=O)C3ON2c2ccccc2)c(OC)c1. The zero-order valence-electron chi connectivity index (χ0n) is 15.3. The fourth-order valence-electron chi connectivity index (χ4n) is 3.73. The summed E-state index contributed by atoms with van der Waals surface area (Å²) in [6, 6.07) is 14.3. The number of benzene rings is 2. The lowest BCUT2D eigenvalue weighted by molar-refractivity contribution is -0.141. The first kappa shape index (κ1) is 17.4. The van der Waals surface area contributed by atoms with E-state index in [2.05, 4.69) is 0 Å². The molecule has 0 radical (unpaired) electrons. The van der Waals surface area contributed by atoms with Crippen molar-refractivity contribution in [1.29, 1.82) is 0 Å². The fraction of sp³-hybridized carbons (Fsp3) is 0.300. The summed E-state index contributed by atoms with van der Waals surface area (Å²) in [5.74, 6) is -0.0279. The molecule has 2 fully saturated rings. The first-order chi connectivity index (χ1) is 13.1. The Labute approximate surface area is 157 Å². The molecular formula is C20H20N2O5. The molecule has 0 aromatic heterocycles. The van der Waals surface area contributed by atoms with Gasteiger partial charge in [-0.2, -0.15) is 0 Å². The zero-order chi connectivity index (χ0) is 19.1. The van der Waals surface area contributed by atoms with Gasteiger partial charge in [0, 0.05) is 18.7 Å². The molecule has 3 atom stereocenters. The summed E-state index contributed by atoms with van der Waals surface area (Å²) >= 11 is 0. The number of para-hydroxylation sites is 1. The highest BCUT2D eigenvalue weighted by Crippen LogP contribution is 2.48. The largest absolute Gasteiger partial charge is 0.497 e. The van der Waals surface area contributed by atoms with E-state index < -0.39 is 18.1 Å². The number of nitrogens with zero attached hydrogens (tertiary/aromatic N) is 2. The fourth-order valence-corrected chi connectivity index (χ4v) is 3.73. The molecule has 2 aliphatic rings. The Morgan fingerprint density at radius 2 is 1.70 bits per heavy atom. The number of carbonyl (C=O) groups excluding carboxylic acids is 2. The molecule has 0 spiro atoms. The maximum atomic E-state index is 12.8. The minimum atomic E-state index is -0.848. The average molecular weight is 368 g/mol. The number of rotatable bonds is 4. The summed E-state index contributed by atoms with van der Waals surface area (Å²) in [5, 5.41) is 1.64. The maximum absolute atomic E-state index is 12.8. The molecule has 140 valence electrons. The van der Waals surface area contributed by atoms with Crippen LogP contribution in [0.25, 0.3) is 0 Å². The molecule has 2 heterocycles.